The highest BCUT2D eigenvalue weighted by Crippen LogP contribution is 2.39. The van der Waals surface area contributed by atoms with Gasteiger partial charge < -0.3 is 15.1 Å². The molecule has 4 rings (SSSR count). The van der Waals surface area contributed by atoms with Crippen LogP contribution in [-0.4, -0.2) is 22.1 Å². The number of anilines is 1. The van der Waals surface area contributed by atoms with Crippen LogP contribution in [0.1, 0.15) is 30.7 Å². The van der Waals surface area contributed by atoms with Gasteiger partial charge >= 0.3 is 0 Å². The molecule has 0 aliphatic carbocycles. The second-order valence-electron chi connectivity index (χ2n) is 6.71. The van der Waals surface area contributed by atoms with Crippen molar-refractivity contribution in [1.29, 1.82) is 0 Å². The Balaban J connectivity index is 1.64. The zero-order valence-electron chi connectivity index (χ0n) is 14.8. The topological polar surface area (TPSA) is 85.3 Å². The summed E-state index contributed by atoms with van der Waals surface area (Å²) < 4.78 is 6.81. The molecule has 27 heavy (non-hydrogen) atoms. The van der Waals surface area contributed by atoms with Gasteiger partial charge in [0.25, 0.3) is 0 Å². The number of amides is 1. The highest BCUT2D eigenvalue weighted by Gasteiger charge is 2.33. The molecule has 2 atom stereocenters. The maximum absolute atomic E-state index is 11.9. The van der Waals surface area contributed by atoms with E-state index in [4.69, 9.17) is 10.2 Å². The van der Waals surface area contributed by atoms with Crippen molar-refractivity contribution < 1.29 is 9.21 Å². The Labute approximate surface area is 165 Å². The van der Waals surface area contributed by atoms with Gasteiger partial charge in [-0.15, -0.1) is 10.2 Å². The minimum atomic E-state index is -0.289. The lowest BCUT2D eigenvalue weighted by molar-refractivity contribution is -0.119. The van der Waals surface area contributed by atoms with Crippen LogP contribution >= 0.6 is 15.9 Å². The van der Waals surface area contributed by atoms with Crippen LogP contribution in [0.4, 0.5) is 5.69 Å². The van der Waals surface area contributed by atoms with E-state index in [0.29, 0.717) is 24.7 Å². The van der Waals surface area contributed by atoms with Crippen LogP contribution in [0.2, 0.25) is 0 Å². The fraction of sp³-hybridized carbons (Fsp3) is 0.250. The summed E-state index contributed by atoms with van der Waals surface area (Å²) in [7, 11) is 0. The van der Waals surface area contributed by atoms with E-state index in [1.165, 1.54) is 0 Å². The van der Waals surface area contributed by atoms with Gasteiger partial charge in [0, 0.05) is 16.2 Å². The first-order chi connectivity index (χ1) is 13.0. The number of carbonyl (C=O) groups is 1. The van der Waals surface area contributed by atoms with Crippen molar-refractivity contribution in [2.75, 3.05) is 4.90 Å². The van der Waals surface area contributed by atoms with E-state index in [-0.39, 0.29) is 17.9 Å². The van der Waals surface area contributed by atoms with Crippen molar-refractivity contribution in [3.8, 4) is 11.5 Å². The van der Waals surface area contributed by atoms with Crippen LogP contribution in [0.25, 0.3) is 11.5 Å². The van der Waals surface area contributed by atoms with Gasteiger partial charge in [-0.2, -0.15) is 0 Å². The first-order valence-corrected chi connectivity index (χ1v) is 9.56. The number of fused-ring (bicyclic) bond motifs is 1. The van der Waals surface area contributed by atoms with Gasteiger partial charge in [-0.1, -0.05) is 30.3 Å². The highest BCUT2D eigenvalue weighted by molar-refractivity contribution is 9.10. The monoisotopic (exact) mass is 426 g/mol. The molecule has 3 aromatic rings. The van der Waals surface area contributed by atoms with E-state index in [1.807, 2.05) is 48.5 Å². The van der Waals surface area contributed by atoms with E-state index >= 15 is 0 Å². The van der Waals surface area contributed by atoms with Gasteiger partial charge in [-0.3, -0.25) is 4.79 Å². The molecule has 2 aromatic carbocycles. The minimum absolute atomic E-state index is 0.121. The summed E-state index contributed by atoms with van der Waals surface area (Å²) in [4.78, 5) is 14.1. The third-order valence-electron chi connectivity index (χ3n) is 4.95. The number of hydrogen-bond acceptors (Lipinski definition) is 5. The number of carbonyl (C=O) groups excluding carboxylic acids is 1. The Morgan fingerprint density at radius 2 is 1.96 bits per heavy atom. The molecule has 0 fully saturated rings. The molecule has 0 saturated carbocycles. The average Bonchev–Trinajstić information content (AvgIpc) is 3.12. The fourth-order valence-corrected chi connectivity index (χ4v) is 4.05. The van der Waals surface area contributed by atoms with E-state index in [9.17, 15) is 4.79 Å². The molecule has 2 N–H and O–H groups in total. The highest BCUT2D eigenvalue weighted by atomic mass is 79.9. The molecule has 1 aliphatic rings. The molecule has 1 aromatic heterocycles. The molecule has 0 unspecified atom stereocenters. The second-order valence-corrected chi connectivity index (χ2v) is 7.56. The largest absolute Gasteiger partial charge is 0.419 e. The lowest BCUT2D eigenvalue weighted by atomic mass is 9.85. The molecular weight excluding hydrogens is 408 g/mol. The molecule has 6 nitrogen and oxygen atoms in total. The molecule has 1 aliphatic heterocycles. The van der Waals surface area contributed by atoms with Crippen molar-refractivity contribution in [2.24, 2.45) is 5.73 Å². The number of nitrogens with two attached hydrogens (primary N) is 1. The van der Waals surface area contributed by atoms with Crippen LogP contribution < -0.4 is 10.6 Å². The smallest absolute Gasteiger partial charge is 0.248 e. The Bertz CT molecular complexity index is 987. The zero-order chi connectivity index (χ0) is 19.0. The molecule has 0 spiro atoms. The van der Waals surface area contributed by atoms with Crippen LogP contribution in [0.3, 0.4) is 0 Å². The van der Waals surface area contributed by atoms with Crippen molar-refractivity contribution in [1.82, 2.24) is 10.2 Å². The fourth-order valence-electron chi connectivity index (χ4n) is 3.59. The summed E-state index contributed by atoms with van der Waals surface area (Å²) in [5.41, 5.74) is 8.42. The number of halogens is 1. The molecule has 0 bridgehead atoms. The van der Waals surface area contributed by atoms with Crippen molar-refractivity contribution in [3.63, 3.8) is 0 Å². The van der Waals surface area contributed by atoms with E-state index < -0.39 is 0 Å². The van der Waals surface area contributed by atoms with Gasteiger partial charge in [0.15, 0.2) is 0 Å². The summed E-state index contributed by atoms with van der Waals surface area (Å²) in [6.45, 7) is 2.55. The van der Waals surface area contributed by atoms with Crippen LogP contribution in [0, 0.1) is 0 Å². The maximum atomic E-state index is 11.9. The second kappa shape index (κ2) is 7.15. The minimum Gasteiger partial charge on any atom is -0.419 e. The normalized spacial score (nSPS) is 19.0. The number of aromatic nitrogens is 2. The Morgan fingerprint density at radius 3 is 2.74 bits per heavy atom. The average molecular weight is 427 g/mol. The van der Waals surface area contributed by atoms with Gasteiger partial charge in [-0.05, 0) is 53.0 Å². The van der Waals surface area contributed by atoms with Crippen LogP contribution in [0.5, 0.6) is 0 Å². The third-order valence-corrected chi connectivity index (χ3v) is 5.64. The van der Waals surface area contributed by atoms with Crippen molar-refractivity contribution in [2.45, 2.75) is 31.8 Å². The van der Waals surface area contributed by atoms with Crippen molar-refractivity contribution in [3.05, 3.63) is 64.5 Å². The van der Waals surface area contributed by atoms with E-state index in [2.05, 4.69) is 38.0 Å². The summed E-state index contributed by atoms with van der Waals surface area (Å²) in [6, 6.07) is 15.7. The SMILES string of the molecule is C[C@H]1C[C@H](C(N)=O)c2ccccc2N1Cc1nnc(-c2ccccc2Br)o1. The molecular formula is C20H19BrN4O2. The lowest BCUT2D eigenvalue weighted by Crippen LogP contribution is -2.41. The Hall–Kier alpha value is -2.67. The number of nitrogens with zero attached hydrogens (tertiary/aromatic N) is 3. The molecule has 0 radical (unpaired) electrons. The molecule has 138 valence electrons. The number of rotatable bonds is 4. The standard InChI is InChI=1S/C20H19BrN4O2/c1-12-10-15(19(22)26)13-6-3-5-9-17(13)25(12)11-18-23-24-20(27-18)14-7-2-4-8-16(14)21/h2-9,12,15H,10-11H2,1H3,(H2,22,26)/t12-,15-/m0/s1. The van der Waals surface area contributed by atoms with Gasteiger partial charge in [0.1, 0.15) is 0 Å². The van der Waals surface area contributed by atoms with Crippen LogP contribution in [-0.2, 0) is 11.3 Å². The molecule has 2 heterocycles. The van der Waals surface area contributed by atoms with Gasteiger partial charge in [0.2, 0.25) is 17.7 Å². The summed E-state index contributed by atoms with van der Waals surface area (Å²) in [6.07, 6.45) is 0.664. The third kappa shape index (κ3) is 3.35. The number of para-hydroxylation sites is 1. The lowest BCUT2D eigenvalue weighted by Gasteiger charge is -2.39. The predicted octanol–water partition coefficient (Wildman–Crippen LogP) is 3.87. The number of primary amides is 1. The van der Waals surface area contributed by atoms with Crippen molar-refractivity contribution >= 4 is 27.5 Å². The zero-order valence-corrected chi connectivity index (χ0v) is 16.4. The van der Waals surface area contributed by atoms with Crippen LogP contribution in [0.15, 0.2) is 57.4 Å². The van der Waals surface area contributed by atoms with E-state index in [0.717, 1.165) is 21.3 Å². The quantitative estimate of drug-likeness (QED) is 0.684. The number of benzene rings is 2. The Kier molecular flexibility index (Phi) is 4.70. The first kappa shape index (κ1) is 17.7. The summed E-state index contributed by atoms with van der Waals surface area (Å²) in [5, 5.41) is 8.41. The van der Waals surface area contributed by atoms with Gasteiger partial charge in [-0.25, -0.2) is 0 Å². The Morgan fingerprint density at radius 1 is 1.22 bits per heavy atom. The summed E-state index contributed by atoms with van der Waals surface area (Å²) in [5.74, 6) is 0.444. The molecule has 7 heteroatoms. The van der Waals surface area contributed by atoms with Gasteiger partial charge in [0.05, 0.1) is 18.0 Å². The predicted molar refractivity (Wildman–Crippen MR) is 106 cm³/mol. The molecule has 1 amide bonds. The first-order valence-electron chi connectivity index (χ1n) is 8.76. The molecule has 0 saturated heterocycles. The number of hydrogen-bond donors (Lipinski definition) is 1. The maximum Gasteiger partial charge on any atom is 0.248 e. The summed E-state index contributed by atoms with van der Waals surface area (Å²) >= 11 is 3.51. The van der Waals surface area contributed by atoms with E-state index in [1.54, 1.807) is 0 Å².